The number of fused-ring (bicyclic) bond motifs is 1. The first-order valence-corrected chi connectivity index (χ1v) is 11.3. The van der Waals surface area contributed by atoms with Crippen LogP contribution in [0.3, 0.4) is 0 Å². The topological polar surface area (TPSA) is 76.2 Å². The van der Waals surface area contributed by atoms with Crippen LogP contribution in [0, 0.1) is 17.6 Å². The van der Waals surface area contributed by atoms with Crippen LogP contribution < -0.4 is 11.1 Å². The molecule has 0 saturated carbocycles. The molecule has 35 heavy (non-hydrogen) atoms. The number of nitrogens with two attached hydrogens (primary N) is 1. The lowest BCUT2D eigenvalue weighted by Gasteiger charge is -2.32. The number of nitrogens with one attached hydrogen (secondary N) is 1. The highest BCUT2D eigenvalue weighted by Crippen LogP contribution is 2.34. The molecule has 0 saturated heterocycles. The van der Waals surface area contributed by atoms with E-state index in [2.05, 4.69) is 5.32 Å². The highest BCUT2D eigenvalue weighted by Gasteiger charge is 2.31. The number of hydrogen-bond donors (Lipinski definition) is 2. The van der Waals surface area contributed by atoms with Gasteiger partial charge < -0.3 is 20.5 Å². The molecular formula is C24H30ClF2N5OS2. The lowest BCUT2D eigenvalue weighted by Crippen LogP contribution is -2.49. The third-order valence-corrected chi connectivity index (χ3v) is 6.43. The summed E-state index contributed by atoms with van der Waals surface area (Å²) in [6, 6.07) is 9.88. The van der Waals surface area contributed by atoms with Crippen LogP contribution in [0.25, 0.3) is 11.3 Å². The molecule has 1 aromatic heterocycles. The molecule has 0 spiro atoms. The molecule has 2 heterocycles. The minimum atomic E-state index is -0.567. The number of halogens is 3. The number of imidazole rings is 1. The maximum Gasteiger partial charge on any atom is 0.240 e. The number of aromatic nitrogens is 2. The number of amides is 1. The van der Waals surface area contributed by atoms with Crippen molar-refractivity contribution in [3.8, 4) is 11.3 Å². The van der Waals surface area contributed by atoms with Crippen LogP contribution >= 0.6 is 38.6 Å². The fraction of sp³-hybridized carbons (Fsp3) is 0.333. The molecule has 11 heteroatoms. The van der Waals surface area contributed by atoms with Crippen molar-refractivity contribution in [1.29, 1.82) is 0 Å². The second-order valence-electron chi connectivity index (χ2n) is 8.31. The Kier molecular flexibility index (Phi) is 10.0. The van der Waals surface area contributed by atoms with Gasteiger partial charge in [0.1, 0.15) is 29.0 Å². The van der Waals surface area contributed by atoms with Crippen LogP contribution in [0.2, 0.25) is 5.02 Å². The molecule has 4 rings (SSSR count). The molecule has 3 N–H and O–H groups in total. The molecule has 0 unspecified atom stereocenters. The summed E-state index contributed by atoms with van der Waals surface area (Å²) in [6.45, 7) is 5.23. The molecule has 1 amide bonds. The Morgan fingerprint density at radius 3 is 2.49 bits per heavy atom. The normalized spacial score (nSPS) is 14.3. The molecule has 2 aromatic carbocycles. The minimum absolute atomic E-state index is 0. The lowest BCUT2D eigenvalue weighted by atomic mass is 9.98. The first-order chi connectivity index (χ1) is 15.8. The van der Waals surface area contributed by atoms with E-state index in [-0.39, 0.29) is 49.7 Å². The average molecular weight is 542 g/mol. The van der Waals surface area contributed by atoms with Crippen LogP contribution in [0.5, 0.6) is 0 Å². The summed E-state index contributed by atoms with van der Waals surface area (Å²) in [5.74, 6) is 0.382. The van der Waals surface area contributed by atoms with Crippen molar-refractivity contribution in [2.24, 2.45) is 11.7 Å². The highest BCUT2D eigenvalue weighted by atomic mass is 35.5. The van der Waals surface area contributed by atoms with Crippen molar-refractivity contribution in [1.82, 2.24) is 14.5 Å². The van der Waals surface area contributed by atoms with Gasteiger partial charge in [-0.2, -0.15) is 27.0 Å². The van der Waals surface area contributed by atoms with Gasteiger partial charge in [-0.05, 0) is 48.4 Å². The van der Waals surface area contributed by atoms with Gasteiger partial charge in [-0.25, -0.2) is 13.8 Å². The molecule has 6 nitrogen and oxygen atoms in total. The van der Waals surface area contributed by atoms with E-state index in [0.29, 0.717) is 48.2 Å². The molecule has 1 aliphatic rings. The fourth-order valence-electron chi connectivity index (χ4n) is 3.87. The third-order valence-electron chi connectivity index (χ3n) is 6.13. The molecule has 190 valence electrons. The Morgan fingerprint density at radius 1 is 1.17 bits per heavy atom. The van der Waals surface area contributed by atoms with E-state index in [0.717, 1.165) is 6.42 Å². The Labute approximate surface area is 222 Å². The summed E-state index contributed by atoms with van der Waals surface area (Å²) in [4.78, 5) is 19.4. The van der Waals surface area contributed by atoms with Crippen LogP contribution in [-0.2, 0) is 17.9 Å². The van der Waals surface area contributed by atoms with E-state index >= 15 is 0 Å². The summed E-state index contributed by atoms with van der Waals surface area (Å²) in [5, 5.41) is 3.27. The quantitative estimate of drug-likeness (QED) is 0.451. The largest absolute Gasteiger partial charge is 0.340 e. The molecule has 1 aliphatic heterocycles. The Balaban J connectivity index is 0.00000216. The van der Waals surface area contributed by atoms with Gasteiger partial charge in [0.2, 0.25) is 5.91 Å². The van der Waals surface area contributed by atoms with Crippen molar-refractivity contribution in [3.05, 3.63) is 64.9 Å². The number of carbonyl (C=O) groups excluding carboxylic acids is 1. The van der Waals surface area contributed by atoms with Gasteiger partial charge in [0.05, 0.1) is 17.6 Å². The smallest absolute Gasteiger partial charge is 0.240 e. The van der Waals surface area contributed by atoms with Crippen molar-refractivity contribution in [2.45, 2.75) is 39.4 Å². The average Bonchev–Trinajstić information content (AvgIpc) is 3.17. The summed E-state index contributed by atoms with van der Waals surface area (Å²) < 4.78 is 29.5. The number of benzene rings is 2. The van der Waals surface area contributed by atoms with Gasteiger partial charge in [-0.15, -0.1) is 0 Å². The lowest BCUT2D eigenvalue weighted by molar-refractivity contribution is -0.135. The van der Waals surface area contributed by atoms with Crippen LogP contribution in [0.1, 0.15) is 26.1 Å². The van der Waals surface area contributed by atoms with Crippen molar-refractivity contribution >= 4 is 56.0 Å². The highest BCUT2D eigenvalue weighted by molar-refractivity contribution is 7.59. The number of carbonyl (C=O) groups is 1. The van der Waals surface area contributed by atoms with Gasteiger partial charge in [0.25, 0.3) is 0 Å². The van der Waals surface area contributed by atoms with Crippen LogP contribution in [0.4, 0.5) is 20.3 Å². The summed E-state index contributed by atoms with van der Waals surface area (Å²) >= 11 is 5.82. The maximum absolute atomic E-state index is 14.0. The van der Waals surface area contributed by atoms with Crippen molar-refractivity contribution in [3.63, 3.8) is 0 Å². The number of anilines is 2. The summed E-state index contributed by atoms with van der Waals surface area (Å²) in [5.41, 5.74) is 7.96. The second kappa shape index (κ2) is 12.1. The summed E-state index contributed by atoms with van der Waals surface area (Å²) in [6.07, 6.45) is 0.815. The number of rotatable bonds is 6. The molecule has 0 fully saturated rings. The zero-order valence-corrected chi connectivity index (χ0v) is 22.2. The van der Waals surface area contributed by atoms with E-state index < -0.39 is 11.9 Å². The van der Waals surface area contributed by atoms with E-state index in [1.54, 1.807) is 23.1 Å². The zero-order chi connectivity index (χ0) is 23.7. The predicted octanol–water partition coefficient (Wildman–Crippen LogP) is 5.17. The zero-order valence-electron chi connectivity index (χ0n) is 19.5. The monoisotopic (exact) mass is 541 g/mol. The Morgan fingerprint density at radius 2 is 1.86 bits per heavy atom. The molecule has 2 atom stereocenters. The first kappa shape index (κ1) is 29.0. The Bertz CT molecular complexity index is 1180. The number of nitrogens with zero attached hydrogens (tertiary/aromatic N) is 3. The predicted molar refractivity (Wildman–Crippen MR) is 146 cm³/mol. The molecular weight excluding hydrogens is 512 g/mol. The van der Waals surface area contributed by atoms with E-state index in [9.17, 15) is 13.6 Å². The van der Waals surface area contributed by atoms with Crippen molar-refractivity contribution in [2.75, 3.05) is 11.9 Å². The first-order valence-electron chi connectivity index (χ1n) is 10.9. The number of hydrogen-bond acceptors (Lipinski definition) is 4. The molecule has 0 aliphatic carbocycles. The molecule has 3 aromatic rings. The van der Waals surface area contributed by atoms with E-state index in [1.807, 2.05) is 18.4 Å². The standard InChI is InChI=1S/C24H26ClF2N5O.2H2S/c1-3-14(2)21(28)24(33)31-10-11-32-20(13-31)30-22(15-4-6-16(26)7-5-15)23(32)29-17-8-9-18(25)19(27)12-17;;/h4-9,12,14,21,29H,3,10-11,13,28H2,1-2H3;2*1H2/t14-,21-;;/m0../s1. The fourth-order valence-corrected chi connectivity index (χ4v) is 3.99. The van der Waals surface area contributed by atoms with Gasteiger partial charge in [-0.1, -0.05) is 31.9 Å². The van der Waals surface area contributed by atoms with E-state index in [1.165, 1.54) is 24.3 Å². The van der Waals surface area contributed by atoms with Crippen molar-refractivity contribution < 1.29 is 13.6 Å². The Hall–Kier alpha value is -2.27. The molecule has 0 bridgehead atoms. The van der Waals surface area contributed by atoms with Gasteiger partial charge in [-0.3, -0.25) is 4.79 Å². The van der Waals surface area contributed by atoms with Gasteiger partial charge in [0, 0.05) is 24.3 Å². The van der Waals surface area contributed by atoms with Gasteiger partial charge >= 0.3 is 0 Å². The van der Waals surface area contributed by atoms with Gasteiger partial charge in [0.15, 0.2) is 0 Å². The van der Waals surface area contributed by atoms with Crippen LogP contribution in [-0.4, -0.2) is 32.9 Å². The third kappa shape index (κ3) is 6.11. The minimum Gasteiger partial charge on any atom is -0.340 e. The van der Waals surface area contributed by atoms with Crippen LogP contribution in [0.15, 0.2) is 42.5 Å². The summed E-state index contributed by atoms with van der Waals surface area (Å²) in [7, 11) is 0. The SMILES string of the molecule is CC[C@H](C)[C@H](N)C(=O)N1CCn2c(nc(-c3ccc(F)cc3)c2Nc2ccc(Cl)c(F)c2)C1.S.S. The second-order valence-corrected chi connectivity index (χ2v) is 8.72. The van der Waals surface area contributed by atoms with E-state index in [4.69, 9.17) is 22.3 Å². The molecule has 0 radical (unpaired) electrons. The maximum atomic E-state index is 14.0.